The molecule has 4 rings (SSSR count). The molecule has 0 aromatic carbocycles. The molecule has 1 atom stereocenters. The van der Waals surface area contributed by atoms with Crippen LogP contribution in [0.3, 0.4) is 0 Å². The first-order valence-corrected chi connectivity index (χ1v) is 9.33. The summed E-state index contributed by atoms with van der Waals surface area (Å²) in [7, 11) is 2.03. The summed E-state index contributed by atoms with van der Waals surface area (Å²) in [5.74, 6) is 1.09. The average molecular weight is 333 g/mol. The van der Waals surface area contributed by atoms with Gasteiger partial charge in [0.05, 0.1) is 17.8 Å². The maximum atomic E-state index is 12.4. The molecule has 2 aliphatic heterocycles. The minimum absolute atomic E-state index is 0.0882. The summed E-state index contributed by atoms with van der Waals surface area (Å²) in [6.45, 7) is 2.69. The van der Waals surface area contributed by atoms with Crippen molar-refractivity contribution in [2.24, 2.45) is 5.92 Å². The number of thiophene rings is 1. The molecule has 5 nitrogen and oxygen atoms in total. The number of amides is 2. The molecule has 1 aromatic heterocycles. The van der Waals surface area contributed by atoms with Crippen LogP contribution in [0.1, 0.15) is 25.7 Å². The number of anilines is 1. The zero-order valence-corrected chi connectivity index (χ0v) is 14.3. The molecule has 124 valence electrons. The van der Waals surface area contributed by atoms with Gasteiger partial charge < -0.3 is 9.80 Å². The SMILES string of the molecule is CN1CC(=O)N(c2ccsc2)C[C@]12CCN(C(=O)CC1CC1)C2. The lowest BCUT2D eigenvalue weighted by atomic mass is 9.93. The normalized spacial score (nSPS) is 28.8. The molecule has 1 aliphatic carbocycles. The van der Waals surface area contributed by atoms with E-state index >= 15 is 0 Å². The third-order valence-electron chi connectivity index (χ3n) is 5.60. The van der Waals surface area contributed by atoms with Gasteiger partial charge >= 0.3 is 0 Å². The summed E-state index contributed by atoms with van der Waals surface area (Å²) >= 11 is 1.61. The molecule has 1 spiro atoms. The number of carbonyl (C=O) groups is 2. The van der Waals surface area contributed by atoms with Gasteiger partial charge in [-0.2, -0.15) is 11.3 Å². The Kier molecular flexibility index (Phi) is 3.69. The van der Waals surface area contributed by atoms with E-state index in [0.29, 0.717) is 31.3 Å². The number of nitrogens with zero attached hydrogens (tertiary/aromatic N) is 3. The van der Waals surface area contributed by atoms with Crippen molar-refractivity contribution in [1.29, 1.82) is 0 Å². The van der Waals surface area contributed by atoms with Crippen molar-refractivity contribution in [3.8, 4) is 0 Å². The second-order valence-corrected chi connectivity index (χ2v) is 8.03. The van der Waals surface area contributed by atoms with E-state index in [0.717, 1.165) is 25.2 Å². The van der Waals surface area contributed by atoms with Gasteiger partial charge in [0.15, 0.2) is 0 Å². The molecule has 0 unspecified atom stereocenters. The van der Waals surface area contributed by atoms with Crippen LogP contribution < -0.4 is 4.90 Å². The third-order valence-corrected chi connectivity index (χ3v) is 6.27. The first-order valence-electron chi connectivity index (χ1n) is 8.39. The zero-order valence-electron chi connectivity index (χ0n) is 13.5. The molecular formula is C17H23N3O2S. The predicted octanol–water partition coefficient (Wildman–Crippen LogP) is 1.80. The highest BCUT2D eigenvalue weighted by atomic mass is 32.1. The zero-order chi connectivity index (χ0) is 16.0. The minimum Gasteiger partial charge on any atom is -0.341 e. The molecule has 0 bridgehead atoms. The Hall–Kier alpha value is -1.40. The van der Waals surface area contributed by atoms with E-state index in [1.807, 2.05) is 33.7 Å². The van der Waals surface area contributed by atoms with Crippen LogP contribution in [-0.4, -0.2) is 60.4 Å². The van der Waals surface area contributed by atoms with E-state index in [9.17, 15) is 9.59 Å². The molecule has 3 heterocycles. The summed E-state index contributed by atoms with van der Waals surface area (Å²) in [4.78, 5) is 31.0. The van der Waals surface area contributed by atoms with Gasteiger partial charge in [-0.25, -0.2) is 0 Å². The van der Waals surface area contributed by atoms with Gasteiger partial charge in [-0.05, 0) is 43.7 Å². The first-order chi connectivity index (χ1) is 11.1. The van der Waals surface area contributed by atoms with Crippen LogP contribution in [0.15, 0.2) is 16.8 Å². The van der Waals surface area contributed by atoms with Crippen LogP contribution in [0.5, 0.6) is 0 Å². The summed E-state index contributed by atoms with van der Waals surface area (Å²) in [5.41, 5.74) is 0.907. The van der Waals surface area contributed by atoms with Gasteiger partial charge in [0, 0.05) is 31.4 Å². The van der Waals surface area contributed by atoms with Gasteiger partial charge in [-0.3, -0.25) is 14.5 Å². The van der Waals surface area contributed by atoms with Crippen LogP contribution >= 0.6 is 11.3 Å². The van der Waals surface area contributed by atoms with E-state index in [1.54, 1.807) is 11.3 Å². The van der Waals surface area contributed by atoms with Crippen LogP contribution in [0, 0.1) is 5.92 Å². The number of hydrogen-bond acceptors (Lipinski definition) is 4. The Morgan fingerprint density at radius 3 is 2.91 bits per heavy atom. The number of likely N-dealkylation sites (tertiary alicyclic amines) is 1. The topological polar surface area (TPSA) is 43.9 Å². The standard InChI is InChI=1S/C17H23N3O2S/c1-18-9-16(22)20(14-4-7-23-10-14)12-17(18)5-6-19(11-17)15(21)8-13-2-3-13/h4,7,10,13H,2-3,5-6,8-9,11-12H2,1H3/t17-/m1/s1. The Labute approximate surface area is 140 Å². The van der Waals surface area contributed by atoms with Crippen molar-refractivity contribution in [2.75, 3.05) is 38.1 Å². The minimum atomic E-state index is -0.0882. The Morgan fingerprint density at radius 1 is 1.39 bits per heavy atom. The maximum Gasteiger partial charge on any atom is 0.241 e. The maximum absolute atomic E-state index is 12.4. The highest BCUT2D eigenvalue weighted by Gasteiger charge is 2.48. The van der Waals surface area contributed by atoms with Gasteiger partial charge in [-0.15, -0.1) is 0 Å². The van der Waals surface area contributed by atoms with Crippen LogP contribution in [0.2, 0.25) is 0 Å². The largest absolute Gasteiger partial charge is 0.341 e. The van der Waals surface area contributed by atoms with Crippen molar-refractivity contribution in [3.63, 3.8) is 0 Å². The molecule has 1 saturated carbocycles. The number of hydrogen-bond donors (Lipinski definition) is 0. The fourth-order valence-electron chi connectivity index (χ4n) is 3.81. The van der Waals surface area contributed by atoms with Crippen molar-refractivity contribution in [3.05, 3.63) is 16.8 Å². The van der Waals surface area contributed by atoms with Gasteiger partial charge in [0.1, 0.15) is 0 Å². The van der Waals surface area contributed by atoms with E-state index in [1.165, 1.54) is 12.8 Å². The lowest BCUT2D eigenvalue weighted by Crippen LogP contribution is -2.64. The first kappa shape index (κ1) is 15.1. The van der Waals surface area contributed by atoms with Crippen molar-refractivity contribution in [2.45, 2.75) is 31.2 Å². The van der Waals surface area contributed by atoms with Gasteiger partial charge in [0.2, 0.25) is 11.8 Å². The molecule has 6 heteroatoms. The van der Waals surface area contributed by atoms with Crippen LogP contribution in [0.4, 0.5) is 5.69 Å². The third kappa shape index (κ3) is 2.78. The number of carbonyl (C=O) groups excluding carboxylic acids is 2. The highest BCUT2D eigenvalue weighted by molar-refractivity contribution is 7.08. The van der Waals surface area contributed by atoms with Gasteiger partial charge in [-0.1, -0.05) is 0 Å². The Morgan fingerprint density at radius 2 is 2.22 bits per heavy atom. The molecule has 23 heavy (non-hydrogen) atoms. The smallest absolute Gasteiger partial charge is 0.241 e. The monoisotopic (exact) mass is 333 g/mol. The van der Waals surface area contributed by atoms with E-state index in [4.69, 9.17) is 0 Å². The predicted molar refractivity (Wildman–Crippen MR) is 90.6 cm³/mol. The summed E-state index contributed by atoms with van der Waals surface area (Å²) < 4.78 is 0. The molecule has 1 aromatic rings. The van der Waals surface area contributed by atoms with Crippen molar-refractivity contribution in [1.82, 2.24) is 9.80 Å². The molecule has 3 aliphatic rings. The van der Waals surface area contributed by atoms with Crippen LogP contribution in [0.25, 0.3) is 0 Å². The Balaban J connectivity index is 1.50. The average Bonchev–Trinajstić information content (AvgIpc) is 3.04. The van der Waals surface area contributed by atoms with Crippen LogP contribution in [-0.2, 0) is 9.59 Å². The summed E-state index contributed by atoms with van der Waals surface area (Å²) in [6.07, 6.45) is 4.09. The number of piperazine rings is 1. The van der Waals surface area contributed by atoms with Gasteiger partial charge in [0.25, 0.3) is 0 Å². The van der Waals surface area contributed by atoms with Crippen molar-refractivity contribution < 1.29 is 9.59 Å². The Bertz CT molecular complexity index is 613. The van der Waals surface area contributed by atoms with E-state index in [2.05, 4.69) is 4.90 Å². The molecular weight excluding hydrogens is 310 g/mol. The fourth-order valence-corrected chi connectivity index (χ4v) is 4.46. The van der Waals surface area contributed by atoms with E-state index in [-0.39, 0.29) is 11.4 Å². The van der Waals surface area contributed by atoms with E-state index < -0.39 is 0 Å². The molecule has 2 saturated heterocycles. The molecule has 0 N–H and O–H groups in total. The molecule has 0 radical (unpaired) electrons. The lowest BCUT2D eigenvalue weighted by Gasteiger charge is -2.46. The summed E-state index contributed by atoms with van der Waals surface area (Å²) in [5, 5.41) is 4.04. The van der Waals surface area contributed by atoms with Crippen molar-refractivity contribution >= 4 is 28.8 Å². The number of likely N-dealkylation sites (N-methyl/N-ethyl adjacent to an activating group) is 1. The summed E-state index contributed by atoms with van der Waals surface area (Å²) in [6, 6.07) is 2.01. The highest BCUT2D eigenvalue weighted by Crippen LogP contribution is 2.37. The quantitative estimate of drug-likeness (QED) is 0.847. The lowest BCUT2D eigenvalue weighted by molar-refractivity contribution is -0.131. The second-order valence-electron chi connectivity index (χ2n) is 7.25. The fraction of sp³-hybridized carbons (Fsp3) is 0.647. The molecule has 3 fully saturated rings. The number of rotatable bonds is 3. The second kappa shape index (κ2) is 5.60. The molecule has 2 amide bonds.